The molecule has 128 valence electrons. The van der Waals surface area contributed by atoms with E-state index in [1.807, 2.05) is 0 Å². The van der Waals surface area contributed by atoms with Crippen molar-refractivity contribution in [2.24, 2.45) is 25.8 Å². The Bertz CT molecular complexity index is 499. The van der Waals surface area contributed by atoms with Crippen molar-refractivity contribution in [3.63, 3.8) is 0 Å². The summed E-state index contributed by atoms with van der Waals surface area (Å²) in [7, 11) is 0. The maximum atomic E-state index is 10.3. The van der Waals surface area contributed by atoms with Gasteiger partial charge in [0.25, 0.3) is 0 Å². The van der Waals surface area contributed by atoms with Crippen molar-refractivity contribution in [1.82, 2.24) is 0 Å². The molecule has 6 heteroatoms. The summed E-state index contributed by atoms with van der Waals surface area (Å²) >= 11 is 0. The Balaban J connectivity index is 0.000000585. The zero-order valence-electron chi connectivity index (χ0n) is 14.6. The van der Waals surface area contributed by atoms with Gasteiger partial charge in [-0.15, -0.1) is 0 Å². The van der Waals surface area contributed by atoms with Crippen LogP contribution in [0.2, 0.25) is 0 Å². The first-order chi connectivity index (χ1) is 10.8. The number of nitrogens with zero attached hydrogens (tertiary/aromatic N) is 3. The summed E-state index contributed by atoms with van der Waals surface area (Å²) < 4.78 is 0. The Morgan fingerprint density at radius 1 is 1.00 bits per heavy atom. The molecule has 2 atom stereocenters. The zero-order chi connectivity index (χ0) is 17.8. The second-order valence-corrected chi connectivity index (χ2v) is 7.17. The Labute approximate surface area is 138 Å². The van der Waals surface area contributed by atoms with E-state index in [1.165, 1.54) is 6.08 Å². The van der Waals surface area contributed by atoms with Crippen LogP contribution in [-0.4, -0.2) is 37.4 Å². The molecule has 23 heavy (non-hydrogen) atoms. The molecule has 0 saturated heterocycles. The predicted molar refractivity (Wildman–Crippen MR) is 88.5 cm³/mol. The molecule has 0 aromatic carbocycles. The number of unbranched alkanes of at least 4 members (excludes halogenated alkanes) is 1. The molecular formula is C17H27N3O3. The van der Waals surface area contributed by atoms with Crippen LogP contribution in [0.25, 0.3) is 0 Å². The van der Waals surface area contributed by atoms with Crippen molar-refractivity contribution in [3.05, 3.63) is 0 Å². The molecule has 0 aromatic rings. The summed E-state index contributed by atoms with van der Waals surface area (Å²) in [5.41, 5.74) is 0.0561. The van der Waals surface area contributed by atoms with Gasteiger partial charge in [-0.3, -0.25) is 0 Å². The van der Waals surface area contributed by atoms with Crippen LogP contribution >= 0.6 is 0 Å². The first-order valence-corrected chi connectivity index (χ1v) is 7.97. The Morgan fingerprint density at radius 2 is 1.65 bits per heavy atom. The van der Waals surface area contributed by atoms with Crippen LogP contribution in [0.3, 0.4) is 0 Å². The molecule has 0 amide bonds. The lowest BCUT2D eigenvalue weighted by molar-refractivity contribution is 0.0915. The standard InChI is InChI=1S/C12H18N2O2.C5H9NO/c1-11(2)4-10(14-9-16)5-12(3,6-11)7-13-8-15;1-2-3-4-6-5-7/h10H,4-7H2,1-3H3;2-4H2,1H3. The van der Waals surface area contributed by atoms with Gasteiger partial charge < -0.3 is 0 Å². The Morgan fingerprint density at radius 3 is 2.17 bits per heavy atom. The van der Waals surface area contributed by atoms with Crippen LogP contribution in [0.4, 0.5) is 0 Å². The van der Waals surface area contributed by atoms with Crippen LogP contribution in [0.15, 0.2) is 15.0 Å². The fourth-order valence-electron chi connectivity index (χ4n) is 3.37. The van der Waals surface area contributed by atoms with Gasteiger partial charge in [-0.2, -0.15) is 0 Å². The molecule has 1 rings (SSSR count). The summed E-state index contributed by atoms with van der Waals surface area (Å²) in [6.07, 6.45) is 9.44. The van der Waals surface area contributed by atoms with Crippen molar-refractivity contribution in [3.8, 4) is 0 Å². The van der Waals surface area contributed by atoms with E-state index in [-0.39, 0.29) is 16.9 Å². The lowest BCUT2D eigenvalue weighted by atomic mass is 9.63. The van der Waals surface area contributed by atoms with E-state index >= 15 is 0 Å². The molecule has 1 aliphatic rings. The minimum Gasteiger partial charge on any atom is -0.211 e. The second-order valence-electron chi connectivity index (χ2n) is 7.17. The summed E-state index contributed by atoms with van der Waals surface area (Å²) in [6.45, 7) is 9.55. The molecule has 1 fully saturated rings. The van der Waals surface area contributed by atoms with Gasteiger partial charge in [-0.25, -0.2) is 29.4 Å². The van der Waals surface area contributed by atoms with Crippen molar-refractivity contribution >= 4 is 18.2 Å². The summed E-state index contributed by atoms with van der Waals surface area (Å²) in [4.78, 5) is 40.8. The highest BCUT2D eigenvalue weighted by molar-refractivity contribution is 5.34. The van der Waals surface area contributed by atoms with E-state index < -0.39 is 0 Å². The molecule has 2 unspecified atom stereocenters. The van der Waals surface area contributed by atoms with Crippen LogP contribution in [0, 0.1) is 10.8 Å². The number of rotatable bonds is 6. The third-order valence-corrected chi connectivity index (χ3v) is 3.87. The summed E-state index contributed by atoms with van der Waals surface area (Å²) in [5.74, 6) is 0. The fraction of sp³-hybridized carbons (Fsp3) is 0.824. The monoisotopic (exact) mass is 321 g/mol. The number of hydrogen-bond acceptors (Lipinski definition) is 6. The first kappa shape index (κ1) is 21.1. The first-order valence-electron chi connectivity index (χ1n) is 7.97. The predicted octanol–water partition coefficient (Wildman–Crippen LogP) is 3.37. The minimum absolute atomic E-state index is 0.00750. The van der Waals surface area contributed by atoms with Crippen molar-refractivity contribution < 1.29 is 14.4 Å². The topological polar surface area (TPSA) is 88.3 Å². The van der Waals surface area contributed by atoms with Gasteiger partial charge in [0.05, 0.1) is 19.1 Å². The van der Waals surface area contributed by atoms with Gasteiger partial charge in [0.15, 0.2) is 0 Å². The van der Waals surface area contributed by atoms with Crippen LogP contribution in [0.1, 0.15) is 59.8 Å². The molecule has 1 saturated carbocycles. The number of isocyanates is 3. The maximum absolute atomic E-state index is 10.3. The highest BCUT2D eigenvalue weighted by Crippen LogP contribution is 2.47. The Kier molecular flexibility index (Phi) is 9.92. The van der Waals surface area contributed by atoms with Gasteiger partial charge >= 0.3 is 0 Å². The smallest absolute Gasteiger partial charge is 0.211 e. The summed E-state index contributed by atoms with van der Waals surface area (Å²) in [6, 6.07) is 0.00750. The van der Waals surface area contributed by atoms with Gasteiger partial charge in [-0.05, 0) is 36.5 Å². The molecule has 0 heterocycles. The van der Waals surface area contributed by atoms with Crippen molar-refractivity contribution in [2.45, 2.75) is 65.8 Å². The number of carbonyl (C=O) groups excluding carboxylic acids is 3. The maximum Gasteiger partial charge on any atom is 0.235 e. The normalized spacial score (nSPS) is 24.8. The zero-order valence-corrected chi connectivity index (χ0v) is 14.6. The van der Waals surface area contributed by atoms with E-state index in [9.17, 15) is 14.4 Å². The molecule has 0 radical (unpaired) electrons. The quantitative estimate of drug-likeness (QED) is 0.427. The van der Waals surface area contributed by atoms with E-state index in [0.717, 1.165) is 32.1 Å². The van der Waals surface area contributed by atoms with Crippen molar-refractivity contribution in [2.75, 3.05) is 13.1 Å². The molecule has 6 nitrogen and oxygen atoms in total. The third-order valence-electron chi connectivity index (χ3n) is 3.87. The van der Waals surface area contributed by atoms with Gasteiger partial charge in [0.1, 0.15) is 0 Å². The molecule has 0 aliphatic heterocycles. The summed E-state index contributed by atoms with van der Waals surface area (Å²) in [5, 5.41) is 0. The number of hydrogen-bond donors (Lipinski definition) is 0. The van der Waals surface area contributed by atoms with Gasteiger partial charge in [-0.1, -0.05) is 34.1 Å². The SMILES string of the molecule is CC1(C)CC(N=C=O)CC(C)(CN=C=O)C1.CCCCN=C=O. The van der Waals surface area contributed by atoms with Crippen LogP contribution < -0.4 is 0 Å². The highest BCUT2D eigenvalue weighted by Gasteiger charge is 2.41. The lowest BCUT2D eigenvalue weighted by Gasteiger charge is -2.44. The van der Waals surface area contributed by atoms with E-state index in [2.05, 4.69) is 42.7 Å². The lowest BCUT2D eigenvalue weighted by Crippen LogP contribution is -2.39. The molecule has 0 bridgehead atoms. The van der Waals surface area contributed by atoms with Gasteiger partial charge in [0, 0.05) is 0 Å². The van der Waals surface area contributed by atoms with Crippen molar-refractivity contribution in [1.29, 1.82) is 0 Å². The van der Waals surface area contributed by atoms with Crippen LogP contribution in [0.5, 0.6) is 0 Å². The van der Waals surface area contributed by atoms with Gasteiger partial charge in [0.2, 0.25) is 18.2 Å². The third kappa shape index (κ3) is 9.70. The van der Waals surface area contributed by atoms with E-state index in [4.69, 9.17) is 0 Å². The largest absolute Gasteiger partial charge is 0.235 e. The Hall–Kier alpha value is -1.86. The van der Waals surface area contributed by atoms with Crippen LogP contribution in [-0.2, 0) is 14.4 Å². The molecule has 0 N–H and O–H groups in total. The number of aliphatic imine (C=N–C) groups is 3. The second kappa shape index (κ2) is 10.8. The molecule has 1 aliphatic carbocycles. The minimum atomic E-state index is -0.0653. The molecule has 0 aromatic heterocycles. The molecule has 0 spiro atoms. The average Bonchev–Trinajstić information content (AvgIpc) is 2.45. The molecular weight excluding hydrogens is 294 g/mol. The van der Waals surface area contributed by atoms with E-state index in [0.29, 0.717) is 13.1 Å². The average molecular weight is 321 g/mol. The fourth-order valence-corrected chi connectivity index (χ4v) is 3.37. The highest BCUT2D eigenvalue weighted by atomic mass is 16.1. The van der Waals surface area contributed by atoms with E-state index in [1.54, 1.807) is 12.2 Å².